The van der Waals surface area contributed by atoms with E-state index in [2.05, 4.69) is 35.6 Å². The maximum Gasteiger partial charge on any atom is 0.329 e. The van der Waals surface area contributed by atoms with Crippen molar-refractivity contribution < 1.29 is 48.0 Å². The van der Waals surface area contributed by atoms with Crippen LogP contribution in [-0.2, 0) is 42.9 Å². The number of halogens is 1. The zero-order valence-electron chi connectivity index (χ0n) is 34.1. The van der Waals surface area contributed by atoms with E-state index in [1.165, 1.54) is 4.90 Å². The monoisotopic (exact) mass is 871 g/mol. The van der Waals surface area contributed by atoms with E-state index < -0.39 is 59.8 Å². The third-order valence-corrected chi connectivity index (χ3v) is 13.7. The number of rotatable bonds is 5. The smallest absolute Gasteiger partial charge is 0.329 e. The third-order valence-electron chi connectivity index (χ3n) is 12.4. The molecule has 0 aromatic heterocycles. The lowest BCUT2D eigenvalue weighted by molar-refractivity contribution is -0.302. The third kappa shape index (κ3) is 10.8. The quantitative estimate of drug-likeness (QED) is 0.105. The van der Waals surface area contributed by atoms with E-state index in [-0.39, 0.29) is 46.0 Å². The summed E-state index contributed by atoms with van der Waals surface area (Å²) in [4.78, 5) is 57.5. The molecule has 306 valence electrons. The molecule has 12 unspecified atom stereocenters. The summed E-state index contributed by atoms with van der Waals surface area (Å²) in [5.41, 5.74) is 1.97. The number of aliphatic hydroxyl groups is 1. The minimum atomic E-state index is -2.45. The van der Waals surface area contributed by atoms with Crippen LogP contribution in [0.3, 0.4) is 0 Å². The number of piperidine rings is 1. The van der Waals surface area contributed by atoms with E-state index in [1.54, 1.807) is 28.3 Å². The van der Waals surface area contributed by atoms with Gasteiger partial charge in [0.05, 0.1) is 18.3 Å². The molecule has 2 saturated heterocycles. The lowest BCUT2D eigenvalue weighted by Gasteiger charge is -2.47. The molecule has 2 bridgehead atoms. The highest BCUT2D eigenvalue weighted by atomic mass is 127. The minimum Gasteiger partial charge on any atom is -0.456 e. The lowest BCUT2D eigenvalue weighted by Crippen LogP contribution is -2.64. The van der Waals surface area contributed by atoms with E-state index in [9.17, 15) is 24.3 Å². The van der Waals surface area contributed by atoms with Gasteiger partial charge in [-0.3, -0.25) is 14.4 Å². The van der Waals surface area contributed by atoms with Crippen molar-refractivity contribution in [3.8, 4) is 0 Å². The maximum absolute atomic E-state index is 14.3. The van der Waals surface area contributed by atoms with Crippen LogP contribution in [0.2, 0.25) is 0 Å². The molecular weight excluding hydrogens is 805 g/mol. The van der Waals surface area contributed by atoms with E-state index in [1.807, 2.05) is 33.8 Å². The van der Waals surface area contributed by atoms with E-state index >= 15 is 0 Å². The first kappa shape index (κ1) is 45.0. The molecule has 0 spiro atoms. The highest BCUT2D eigenvalue weighted by Gasteiger charge is 2.56. The second kappa shape index (κ2) is 19.6. The number of carbonyl (C=O) groups is 4. The first-order chi connectivity index (χ1) is 25.5. The molecule has 3 heterocycles. The fourth-order valence-corrected chi connectivity index (χ4v) is 10.6. The standard InChI is InChI=1S/C42H66INO10/c1-25-19-26(2)21-34(51-8)37-35(52-9)22-30(6)42(49,54-37)38(46)39(47)44-18-11-10-14-32(44)40(48)53-36(27(3)15-16-33(45)28(4)20-25)29(5)23-41(43)17-12-13-31(24-41)50-7/h20,23,26-28,30-32,34-37,49H,10-19,21-22,24H2,1-9H3. The van der Waals surface area contributed by atoms with Crippen molar-refractivity contribution in [2.24, 2.45) is 23.7 Å². The Balaban J connectivity index is 1.74. The summed E-state index contributed by atoms with van der Waals surface area (Å²) in [6, 6.07) is -1.01. The van der Waals surface area contributed by atoms with Gasteiger partial charge >= 0.3 is 5.97 Å². The number of nitrogens with zero attached hydrogens (tertiary/aromatic N) is 1. The second-order valence-electron chi connectivity index (χ2n) is 16.9. The van der Waals surface area contributed by atoms with Crippen molar-refractivity contribution in [1.82, 2.24) is 4.90 Å². The van der Waals surface area contributed by atoms with E-state index in [0.29, 0.717) is 44.9 Å². The zero-order valence-corrected chi connectivity index (χ0v) is 36.2. The Labute approximate surface area is 336 Å². The summed E-state index contributed by atoms with van der Waals surface area (Å²) < 4.78 is 29.9. The molecule has 3 aliphatic heterocycles. The fourth-order valence-electron chi connectivity index (χ4n) is 9.19. The van der Waals surface area contributed by atoms with Gasteiger partial charge in [-0.25, -0.2) is 4.79 Å². The number of hydrogen-bond acceptors (Lipinski definition) is 10. The van der Waals surface area contributed by atoms with Gasteiger partial charge in [0.2, 0.25) is 5.79 Å². The Hall–Kier alpha value is -1.71. The van der Waals surface area contributed by atoms with Crippen LogP contribution >= 0.6 is 22.6 Å². The predicted octanol–water partition coefficient (Wildman–Crippen LogP) is 6.70. The van der Waals surface area contributed by atoms with Gasteiger partial charge in [0, 0.05) is 49.6 Å². The number of hydrogen-bond donors (Lipinski definition) is 1. The molecule has 1 amide bonds. The molecular formula is C42H66INO10. The van der Waals surface area contributed by atoms with E-state index in [4.69, 9.17) is 23.7 Å². The minimum absolute atomic E-state index is 0.103. The number of ether oxygens (including phenoxy) is 5. The number of ketones is 2. The number of methoxy groups -OCH3 is 3. The Kier molecular flexibility index (Phi) is 16.4. The van der Waals surface area contributed by atoms with Crippen LogP contribution in [0.15, 0.2) is 23.3 Å². The Bertz CT molecular complexity index is 1400. The normalized spacial score (nSPS) is 40.3. The van der Waals surface area contributed by atoms with Crippen LogP contribution in [0.4, 0.5) is 0 Å². The van der Waals surface area contributed by atoms with Gasteiger partial charge in [-0.05, 0) is 102 Å². The van der Waals surface area contributed by atoms with Gasteiger partial charge in [0.1, 0.15) is 24.0 Å². The van der Waals surface area contributed by atoms with Gasteiger partial charge in [-0.2, -0.15) is 0 Å². The average molecular weight is 872 g/mol. The van der Waals surface area contributed by atoms with Crippen molar-refractivity contribution in [3.05, 3.63) is 23.3 Å². The Morgan fingerprint density at radius 2 is 1.65 bits per heavy atom. The van der Waals surface area contributed by atoms with Crippen molar-refractivity contribution in [2.45, 2.75) is 164 Å². The number of allylic oxidation sites excluding steroid dienone is 3. The van der Waals surface area contributed by atoms with Gasteiger partial charge in [0.25, 0.3) is 11.7 Å². The molecule has 0 radical (unpaired) electrons. The highest BCUT2D eigenvalue weighted by Crippen LogP contribution is 2.42. The average Bonchev–Trinajstić information content (AvgIpc) is 3.14. The number of cyclic esters (lactones) is 1. The molecule has 4 aliphatic rings. The number of fused-ring (bicyclic) bond motifs is 3. The van der Waals surface area contributed by atoms with E-state index in [0.717, 1.165) is 36.8 Å². The van der Waals surface area contributed by atoms with Gasteiger partial charge in [-0.15, -0.1) is 0 Å². The molecule has 1 aliphatic carbocycles. The predicted molar refractivity (Wildman–Crippen MR) is 214 cm³/mol. The summed E-state index contributed by atoms with van der Waals surface area (Å²) in [5, 5.41) is 12.0. The molecule has 11 nitrogen and oxygen atoms in total. The summed E-state index contributed by atoms with van der Waals surface area (Å²) in [5.74, 6) is -6.16. The van der Waals surface area contributed by atoms with Crippen molar-refractivity contribution >= 4 is 46.0 Å². The number of amides is 1. The van der Waals surface area contributed by atoms with Crippen LogP contribution in [0.25, 0.3) is 0 Å². The molecule has 1 saturated carbocycles. The maximum atomic E-state index is 14.3. The molecule has 1 N–H and O–H groups in total. The lowest BCUT2D eigenvalue weighted by atomic mass is 9.82. The second-order valence-corrected chi connectivity index (χ2v) is 19.0. The molecule has 4 rings (SSSR count). The largest absolute Gasteiger partial charge is 0.456 e. The zero-order chi connectivity index (χ0) is 40.0. The summed E-state index contributed by atoms with van der Waals surface area (Å²) in [7, 11) is 4.86. The highest BCUT2D eigenvalue weighted by molar-refractivity contribution is 14.1. The van der Waals surface area contributed by atoms with Gasteiger partial charge < -0.3 is 33.7 Å². The number of alkyl halides is 1. The summed E-state index contributed by atoms with van der Waals surface area (Å²) in [6.45, 7) is 11.9. The summed E-state index contributed by atoms with van der Waals surface area (Å²) >= 11 is 2.49. The molecule has 12 atom stereocenters. The van der Waals surface area contributed by atoms with Crippen LogP contribution in [0.5, 0.6) is 0 Å². The molecule has 3 fully saturated rings. The van der Waals surface area contributed by atoms with Crippen LogP contribution in [-0.4, -0.2) is 107 Å². The summed E-state index contributed by atoms with van der Waals surface area (Å²) in [6.07, 6.45) is 9.55. The van der Waals surface area contributed by atoms with Crippen molar-refractivity contribution in [2.75, 3.05) is 27.9 Å². The Morgan fingerprint density at radius 3 is 2.31 bits per heavy atom. The number of Topliss-reactive ketones (excluding diaryl/α,β-unsaturated/α-hetero) is 2. The van der Waals surface area contributed by atoms with Crippen molar-refractivity contribution in [1.29, 1.82) is 0 Å². The van der Waals surface area contributed by atoms with Crippen molar-refractivity contribution in [3.63, 3.8) is 0 Å². The van der Waals surface area contributed by atoms with Gasteiger partial charge in [0.15, 0.2) is 0 Å². The molecule has 0 aromatic carbocycles. The molecule has 54 heavy (non-hydrogen) atoms. The number of esters is 1. The topological polar surface area (TPSA) is 138 Å². The molecule has 12 heteroatoms. The SMILES string of the molecule is COC1CCCC(I)(C=C(C)C2OC(=O)C3CCCCN3C(=O)C(=O)C3(O)OC(C(OC)CC(C)CC(C)=CC(C)C(=O)CCC2C)C(OC)CC3C)C1. The first-order valence-electron chi connectivity index (χ1n) is 20.1. The Morgan fingerprint density at radius 1 is 0.963 bits per heavy atom. The van der Waals surface area contributed by atoms with Crippen LogP contribution in [0, 0.1) is 23.7 Å². The van der Waals surface area contributed by atoms with Crippen LogP contribution < -0.4 is 0 Å². The molecule has 0 aromatic rings. The number of carbonyl (C=O) groups excluding carboxylic acids is 4. The first-order valence-corrected chi connectivity index (χ1v) is 21.2. The fraction of sp³-hybridized carbons (Fsp3) is 0.810. The van der Waals surface area contributed by atoms with Gasteiger partial charge in [-0.1, -0.05) is 68.0 Å². The van der Waals surface area contributed by atoms with Crippen LogP contribution in [0.1, 0.15) is 119 Å².